The minimum atomic E-state index is -0.511. The normalized spacial score (nSPS) is 12.7. The Hall–Kier alpha value is -4.21. The third-order valence-corrected chi connectivity index (χ3v) is 6.53. The molecule has 1 aromatic heterocycles. The number of aromatic nitrogens is 2. The number of hydrogen-bond donors (Lipinski definition) is 3. The number of benzene rings is 3. The van der Waals surface area contributed by atoms with Crippen LogP contribution in [0.2, 0.25) is 5.02 Å². The Kier molecular flexibility index (Phi) is 9.05. The molecule has 1 amide bonds. The molecule has 4 aromatic rings. The summed E-state index contributed by atoms with van der Waals surface area (Å²) in [7, 11) is 0. The zero-order valence-corrected chi connectivity index (χ0v) is 22.5. The Labute approximate surface area is 236 Å². The molecule has 3 aromatic carbocycles. The first kappa shape index (κ1) is 27.4. The highest BCUT2D eigenvalue weighted by Crippen LogP contribution is 2.33. The quantitative estimate of drug-likeness (QED) is 0.169. The van der Waals surface area contributed by atoms with Gasteiger partial charge >= 0.3 is 0 Å². The number of ether oxygens (including phenoxy) is 2. The van der Waals surface area contributed by atoms with Gasteiger partial charge < -0.3 is 25.4 Å². The number of carbonyl (C=O) groups is 1. The van der Waals surface area contributed by atoms with E-state index in [9.17, 15) is 9.18 Å². The number of fused-ring (bicyclic) bond motifs is 1. The molecule has 0 spiro atoms. The van der Waals surface area contributed by atoms with Gasteiger partial charge in [-0.25, -0.2) is 9.37 Å². The van der Waals surface area contributed by atoms with Crippen molar-refractivity contribution in [2.75, 3.05) is 29.2 Å². The van der Waals surface area contributed by atoms with E-state index in [2.05, 4.69) is 25.9 Å². The van der Waals surface area contributed by atoms with Gasteiger partial charge in [0.05, 0.1) is 26.0 Å². The van der Waals surface area contributed by atoms with Gasteiger partial charge in [-0.15, -0.1) is 0 Å². The molecule has 1 aliphatic rings. The molecule has 206 valence electrons. The van der Waals surface area contributed by atoms with E-state index in [0.29, 0.717) is 44.1 Å². The highest BCUT2D eigenvalue weighted by atomic mass is 35.5. The number of halogens is 2. The van der Waals surface area contributed by atoms with E-state index < -0.39 is 5.82 Å². The summed E-state index contributed by atoms with van der Waals surface area (Å²) < 4.78 is 26.4. The molecule has 0 unspecified atom stereocenters. The molecule has 0 saturated heterocycles. The van der Waals surface area contributed by atoms with E-state index in [4.69, 9.17) is 21.1 Å². The van der Waals surface area contributed by atoms with Crippen LogP contribution in [-0.2, 0) is 22.6 Å². The van der Waals surface area contributed by atoms with Crippen LogP contribution in [0.15, 0.2) is 72.9 Å². The summed E-state index contributed by atoms with van der Waals surface area (Å²) in [6.45, 7) is 1.37. The van der Waals surface area contributed by atoms with E-state index in [1.807, 2.05) is 48.5 Å². The minimum absolute atomic E-state index is 0.00671. The maximum Gasteiger partial charge on any atom is 0.229 e. The largest absolute Gasteiger partial charge is 0.491 e. The van der Waals surface area contributed by atoms with Crippen molar-refractivity contribution in [2.24, 2.45) is 0 Å². The van der Waals surface area contributed by atoms with Crippen molar-refractivity contribution in [1.82, 2.24) is 9.97 Å². The van der Waals surface area contributed by atoms with E-state index in [1.165, 1.54) is 12.3 Å². The lowest BCUT2D eigenvalue weighted by atomic mass is 10.1. The Morgan fingerprint density at radius 1 is 1.00 bits per heavy atom. The second-order valence-corrected chi connectivity index (χ2v) is 9.67. The van der Waals surface area contributed by atoms with Crippen LogP contribution >= 0.6 is 11.6 Å². The van der Waals surface area contributed by atoms with Crippen LogP contribution in [0, 0.1) is 5.82 Å². The van der Waals surface area contributed by atoms with Crippen LogP contribution in [0.3, 0.4) is 0 Å². The number of rotatable bonds is 11. The van der Waals surface area contributed by atoms with Gasteiger partial charge in [0.2, 0.25) is 11.9 Å². The van der Waals surface area contributed by atoms with E-state index >= 15 is 0 Å². The highest BCUT2D eigenvalue weighted by Gasteiger charge is 2.16. The third kappa shape index (κ3) is 7.25. The Bertz CT molecular complexity index is 1470. The molecule has 0 saturated carbocycles. The molecule has 0 radical (unpaired) electrons. The van der Waals surface area contributed by atoms with E-state index in [0.717, 1.165) is 29.7 Å². The molecule has 1 aliphatic heterocycles. The lowest BCUT2D eigenvalue weighted by Gasteiger charge is -2.15. The first-order valence-electron chi connectivity index (χ1n) is 13.1. The Morgan fingerprint density at radius 3 is 2.75 bits per heavy atom. The molecule has 0 atom stereocenters. The topological polar surface area (TPSA) is 97.4 Å². The van der Waals surface area contributed by atoms with Crippen molar-refractivity contribution >= 4 is 46.3 Å². The van der Waals surface area contributed by atoms with Crippen molar-refractivity contribution in [3.05, 3.63) is 94.9 Å². The van der Waals surface area contributed by atoms with Crippen molar-refractivity contribution in [3.8, 4) is 5.75 Å². The lowest BCUT2D eigenvalue weighted by molar-refractivity contribution is -0.116. The van der Waals surface area contributed by atoms with Crippen LogP contribution in [0.4, 0.5) is 33.2 Å². The average Bonchev–Trinajstić information content (AvgIpc) is 3.14. The number of amides is 1. The first-order chi connectivity index (χ1) is 19.5. The fraction of sp³-hybridized carbons (Fsp3) is 0.233. The summed E-state index contributed by atoms with van der Waals surface area (Å²) >= 11 is 6.35. The number of nitrogens with zero attached hydrogens (tertiary/aromatic N) is 2. The smallest absolute Gasteiger partial charge is 0.229 e. The zero-order valence-electron chi connectivity index (χ0n) is 21.8. The molecular formula is C30H29ClFN5O3. The first-order valence-corrected chi connectivity index (χ1v) is 13.5. The molecular weight excluding hydrogens is 533 g/mol. The Balaban J connectivity index is 1.22. The molecule has 5 rings (SSSR count). The third-order valence-electron chi connectivity index (χ3n) is 6.26. The maximum absolute atomic E-state index is 14.9. The minimum Gasteiger partial charge on any atom is -0.491 e. The average molecular weight is 562 g/mol. The van der Waals surface area contributed by atoms with Gasteiger partial charge in [0.25, 0.3) is 0 Å². The van der Waals surface area contributed by atoms with Gasteiger partial charge in [-0.1, -0.05) is 54.1 Å². The zero-order chi connectivity index (χ0) is 27.7. The molecule has 3 N–H and O–H groups in total. The lowest BCUT2D eigenvalue weighted by Crippen LogP contribution is -2.09. The number of nitrogens with one attached hydrogen (secondary N) is 3. The molecule has 40 heavy (non-hydrogen) atoms. The van der Waals surface area contributed by atoms with Crippen molar-refractivity contribution in [3.63, 3.8) is 0 Å². The van der Waals surface area contributed by atoms with Gasteiger partial charge in [0.1, 0.15) is 16.5 Å². The molecule has 0 bridgehead atoms. The van der Waals surface area contributed by atoms with Crippen LogP contribution in [0.5, 0.6) is 5.75 Å². The van der Waals surface area contributed by atoms with Gasteiger partial charge in [-0.3, -0.25) is 4.79 Å². The molecule has 10 heteroatoms. The molecule has 2 heterocycles. The molecule has 8 nitrogen and oxygen atoms in total. The van der Waals surface area contributed by atoms with Crippen LogP contribution in [-0.4, -0.2) is 29.1 Å². The highest BCUT2D eigenvalue weighted by molar-refractivity contribution is 6.33. The summed E-state index contributed by atoms with van der Waals surface area (Å²) in [5.74, 6) is 0.273. The standard InChI is InChI=1S/C30H29ClFN5O3/c31-23-18-33-30(34-22-14-13-21-9-4-12-27(38)35-25(21)17-22)37-29(23)36-28-24(32)10-5-11-26(28)40-16-6-15-39-19-20-7-2-1-3-8-20/h1-3,5,7-8,10-11,13-14,17-18H,4,6,9,12,15-16,19H2,(H,35,38)(H2,33,34,36,37). The fourth-order valence-electron chi connectivity index (χ4n) is 4.26. The fourth-order valence-corrected chi connectivity index (χ4v) is 4.39. The van der Waals surface area contributed by atoms with E-state index in [-0.39, 0.29) is 28.4 Å². The molecule has 0 fully saturated rings. The summed E-state index contributed by atoms with van der Waals surface area (Å²) in [4.78, 5) is 20.7. The number of carbonyl (C=O) groups excluding carboxylic acids is 1. The number of aryl methyl sites for hydroxylation is 1. The van der Waals surface area contributed by atoms with Crippen molar-refractivity contribution in [1.29, 1.82) is 0 Å². The maximum atomic E-state index is 14.9. The van der Waals surface area contributed by atoms with Crippen LogP contribution in [0.25, 0.3) is 0 Å². The monoisotopic (exact) mass is 561 g/mol. The predicted molar refractivity (Wildman–Crippen MR) is 154 cm³/mol. The van der Waals surface area contributed by atoms with Crippen LogP contribution < -0.4 is 20.7 Å². The van der Waals surface area contributed by atoms with E-state index in [1.54, 1.807) is 12.1 Å². The summed E-state index contributed by atoms with van der Waals surface area (Å²) in [5, 5.41) is 9.23. The summed E-state index contributed by atoms with van der Waals surface area (Å²) in [5.41, 5.74) is 3.75. The second-order valence-electron chi connectivity index (χ2n) is 9.27. The van der Waals surface area contributed by atoms with Crippen molar-refractivity contribution < 1.29 is 18.7 Å². The van der Waals surface area contributed by atoms with Crippen LogP contribution in [0.1, 0.15) is 30.4 Å². The van der Waals surface area contributed by atoms with Gasteiger partial charge in [-0.2, -0.15) is 4.98 Å². The summed E-state index contributed by atoms with van der Waals surface area (Å²) in [6.07, 6.45) is 4.19. The van der Waals surface area contributed by atoms with Gasteiger partial charge in [0.15, 0.2) is 11.6 Å². The SMILES string of the molecule is O=C1CCCc2ccc(Nc3ncc(Cl)c(Nc4c(F)cccc4OCCCOCc4ccccc4)n3)cc2N1. The van der Waals surface area contributed by atoms with Crippen molar-refractivity contribution in [2.45, 2.75) is 32.3 Å². The predicted octanol–water partition coefficient (Wildman–Crippen LogP) is 7.02. The number of anilines is 5. The Morgan fingerprint density at radius 2 is 1.88 bits per heavy atom. The second kappa shape index (κ2) is 13.2. The van der Waals surface area contributed by atoms with Gasteiger partial charge in [0, 0.05) is 24.2 Å². The summed E-state index contributed by atoms with van der Waals surface area (Å²) in [6, 6.07) is 20.2. The number of para-hydroxylation sites is 1. The molecule has 0 aliphatic carbocycles. The number of hydrogen-bond acceptors (Lipinski definition) is 7. The van der Waals surface area contributed by atoms with Gasteiger partial charge in [-0.05, 0) is 48.2 Å².